The minimum Gasteiger partial charge on any atom is -0.309 e. The van der Waals surface area contributed by atoms with Crippen molar-refractivity contribution in [1.29, 1.82) is 0 Å². The van der Waals surface area contributed by atoms with Crippen molar-refractivity contribution in [1.82, 2.24) is 5.32 Å². The second kappa shape index (κ2) is 6.71. The van der Waals surface area contributed by atoms with Crippen LogP contribution in [0.25, 0.3) is 0 Å². The lowest BCUT2D eigenvalue weighted by Gasteiger charge is -2.21. The van der Waals surface area contributed by atoms with E-state index in [-0.39, 0.29) is 6.04 Å². The zero-order valence-electron chi connectivity index (χ0n) is 13.0. The van der Waals surface area contributed by atoms with Gasteiger partial charge in [-0.1, -0.05) is 55.8 Å². The van der Waals surface area contributed by atoms with E-state index in [2.05, 4.69) is 68.6 Å². The van der Waals surface area contributed by atoms with Gasteiger partial charge in [0.15, 0.2) is 0 Å². The molecule has 2 aromatic carbocycles. The van der Waals surface area contributed by atoms with Crippen LogP contribution in [0.1, 0.15) is 47.2 Å². The van der Waals surface area contributed by atoms with Crippen LogP contribution in [-0.2, 0) is 6.42 Å². The van der Waals surface area contributed by atoms with E-state index in [0.29, 0.717) is 0 Å². The molecule has 1 atom stereocenters. The Kier molecular flexibility index (Phi) is 4.97. The van der Waals surface area contributed by atoms with Crippen LogP contribution >= 0.6 is 0 Å². The van der Waals surface area contributed by atoms with Crippen molar-refractivity contribution in [3.63, 3.8) is 0 Å². The quantitative estimate of drug-likeness (QED) is 0.837. The van der Waals surface area contributed by atoms with Gasteiger partial charge in [-0.3, -0.25) is 0 Å². The summed E-state index contributed by atoms with van der Waals surface area (Å²) in [5.41, 5.74) is 6.86. The van der Waals surface area contributed by atoms with Crippen LogP contribution in [-0.4, -0.2) is 7.05 Å². The molecule has 0 radical (unpaired) electrons. The van der Waals surface area contributed by atoms with Gasteiger partial charge in [0.1, 0.15) is 0 Å². The first-order chi connectivity index (χ1) is 9.67. The van der Waals surface area contributed by atoms with E-state index in [1.165, 1.54) is 34.2 Å². The fourth-order valence-electron chi connectivity index (χ4n) is 2.75. The first kappa shape index (κ1) is 14.8. The molecule has 0 spiro atoms. The predicted molar refractivity (Wildman–Crippen MR) is 87.3 cm³/mol. The average molecular weight is 267 g/mol. The molecule has 1 heteroatoms. The van der Waals surface area contributed by atoms with Gasteiger partial charge in [-0.15, -0.1) is 0 Å². The second-order valence-corrected chi connectivity index (χ2v) is 5.50. The van der Waals surface area contributed by atoms with E-state index in [0.717, 1.165) is 6.42 Å². The van der Waals surface area contributed by atoms with E-state index in [1.807, 2.05) is 7.05 Å². The van der Waals surface area contributed by atoms with Crippen LogP contribution < -0.4 is 5.32 Å². The molecule has 1 N–H and O–H groups in total. The zero-order valence-corrected chi connectivity index (χ0v) is 13.0. The number of aryl methyl sites for hydroxylation is 2. The van der Waals surface area contributed by atoms with Gasteiger partial charge in [-0.25, -0.2) is 0 Å². The van der Waals surface area contributed by atoms with Gasteiger partial charge in [0.05, 0.1) is 6.04 Å². The lowest BCUT2D eigenvalue weighted by atomic mass is 9.92. The second-order valence-electron chi connectivity index (χ2n) is 5.50. The highest BCUT2D eigenvalue weighted by Crippen LogP contribution is 2.26. The molecule has 0 heterocycles. The molecular weight excluding hydrogens is 242 g/mol. The van der Waals surface area contributed by atoms with Crippen molar-refractivity contribution in [3.8, 4) is 0 Å². The van der Waals surface area contributed by atoms with Crippen LogP contribution in [0, 0.1) is 13.8 Å². The molecule has 0 fully saturated rings. The van der Waals surface area contributed by atoms with Gasteiger partial charge in [0, 0.05) is 0 Å². The van der Waals surface area contributed by atoms with E-state index >= 15 is 0 Å². The van der Waals surface area contributed by atoms with Gasteiger partial charge < -0.3 is 5.32 Å². The van der Waals surface area contributed by atoms with Gasteiger partial charge >= 0.3 is 0 Å². The molecule has 20 heavy (non-hydrogen) atoms. The molecule has 0 saturated carbocycles. The van der Waals surface area contributed by atoms with E-state index in [4.69, 9.17) is 0 Å². The Morgan fingerprint density at radius 2 is 1.70 bits per heavy atom. The summed E-state index contributed by atoms with van der Waals surface area (Å²) in [6, 6.07) is 15.8. The Bertz CT molecular complexity index is 554. The Balaban J connectivity index is 2.34. The summed E-state index contributed by atoms with van der Waals surface area (Å²) < 4.78 is 0. The molecule has 0 aliphatic rings. The lowest BCUT2D eigenvalue weighted by molar-refractivity contribution is 0.686. The third-order valence-electron chi connectivity index (χ3n) is 4.10. The predicted octanol–water partition coefficient (Wildman–Crippen LogP) is 4.56. The van der Waals surface area contributed by atoms with Crippen molar-refractivity contribution in [2.45, 2.75) is 39.7 Å². The molecular formula is C19H25N. The molecule has 0 aliphatic heterocycles. The number of benzene rings is 2. The monoisotopic (exact) mass is 267 g/mol. The molecule has 2 rings (SSSR count). The topological polar surface area (TPSA) is 12.0 Å². The summed E-state index contributed by atoms with van der Waals surface area (Å²) in [5, 5.41) is 3.45. The highest BCUT2D eigenvalue weighted by Gasteiger charge is 2.14. The van der Waals surface area contributed by atoms with Crippen LogP contribution in [0.5, 0.6) is 0 Å². The largest absolute Gasteiger partial charge is 0.309 e. The van der Waals surface area contributed by atoms with Gasteiger partial charge in [-0.2, -0.15) is 0 Å². The molecule has 0 aliphatic carbocycles. The Labute approximate surface area is 123 Å². The van der Waals surface area contributed by atoms with E-state index in [9.17, 15) is 0 Å². The first-order valence-corrected chi connectivity index (χ1v) is 7.49. The number of rotatable bonds is 5. The van der Waals surface area contributed by atoms with Crippen molar-refractivity contribution in [2.24, 2.45) is 0 Å². The summed E-state index contributed by atoms with van der Waals surface area (Å²) in [4.78, 5) is 0. The molecule has 106 valence electrons. The normalized spacial score (nSPS) is 12.4. The van der Waals surface area contributed by atoms with Gasteiger partial charge in [0.25, 0.3) is 0 Å². The molecule has 0 bridgehead atoms. The zero-order chi connectivity index (χ0) is 14.5. The van der Waals surface area contributed by atoms with Crippen LogP contribution in [0.15, 0.2) is 42.5 Å². The molecule has 1 unspecified atom stereocenters. The highest BCUT2D eigenvalue weighted by atomic mass is 14.9. The molecule has 0 amide bonds. The third-order valence-corrected chi connectivity index (χ3v) is 4.10. The third kappa shape index (κ3) is 3.10. The summed E-state index contributed by atoms with van der Waals surface area (Å²) >= 11 is 0. The summed E-state index contributed by atoms with van der Waals surface area (Å²) in [5.74, 6) is 0. The van der Waals surface area contributed by atoms with Crippen LogP contribution in [0.3, 0.4) is 0 Å². The first-order valence-electron chi connectivity index (χ1n) is 7.49. The van der Waals surface area contributed by atoms with Crippen molar-refractivity contribution < 1.29 is 0 Å². The number of nitrogens with one attached hydrogen (secondary N) is 1. The van der Waals surface area contributed by atoms with Gasteiger partial charge in [-0.05, 0) is 55.1 Å². The van der Waals surface area contributed by atoms with E-state index < -0.39 is 0 Å². The Morgan fingerprint density at radius 3 is 2.30 bits per heavy atom. The smallest absolute Gasteiger partial charge is 0.0576 e. The fraction of sp³-hybridized carbons (Fsp3) is 0.368. The Hall–Kier alpha value is -1.60. The fourth-order valence-corrected chi connectivity index (χ4v) is 2.75. The summed E-state index contributed by atoms with van der Waals surface area (Å²) in [6.07, 6.45) is 2.36. The standard InChI is InChI=1S/C19H25N/c1-5-7-16-10-12-17(13-11-16)19(20-4)18-9-6-8-14(2)15(18)3/h6,8-13,19-20H,5,7H2,1-4H3. The summed E-state index contributed by atoms with van der Waals surface area (Å²) in [7, 11) is 2.03. The molecule has 0 aromatic heterocycles. The maximum atomic E-state index is 3.45. The van der Waals surface area contributed by atoms with Gasteiger partial charge in [0.2, 0.25) is 0 Å². The average Bonchev–Trinajstić information content (AvgIpc) is 2.46. The lowest BCUT2D eigenvalue weighted by Crippen LogP contribution is -2.19. The van der Waals surface area contributed by atoms with Crippen LogP contribution in [0.4, 0.5) is 0 Å². The molecule has 1 nitrogen and oxygen atoms in total. The highest BCUT2D eigenvalue weighted by molar-refractivity contribution is 5.41. The SMILES string of the molecule is CCCc1ccc(C(NC)c2cccc(C)c2C)cc1. The van der Waals surface area contributed by atoms with E-state index in [1.54, 1.807) is 0 Å². The maximum absolute atomic E-state index is 3.45. The Morgan fingerprint density at radius 1 is 1.00 bits per heavy atom. The number of hydrogen-bond donors (Lipinski definition) is 1. The molecule has 0 saturated heterocycles. The van der Waals surface area contributed by atoms with Crippen molar-refractivity contribution in [3.05, 3.63) is 70.3 Å². The van der Waals surface area contributed by atoms with Crippen molar-refractivity contribution in [2.75, 3.05) is 7.05 Å². The van der Waals surface area contributed by atoms with Crippen LogP contribution in [0.2, 0.25) is 0 Å². The number of hydrogen-bond acceptors (Lipinski definition) is 1. The summed E-state index contributed by atoms with van der Waals surface area (Å²) in [6.45, 7) is 6.61. The minimum atomic E-state index is 0.269. The minimum absolute atomic E-state index is 0.269. The maximum Gasteiger partial charge on any atom is 0.0576 e. The van der Waals surface area contributed by atoms with Crippen molar-refractivity contribution >= 4 is 0 Å². The molecule has 2 aromatic rings.